The highest BCUT2D eigenvalue weighted by Crippen LogP contribution is 2.15. The highest BCUT2D eigenvalue weighted by atomic mass is 32.1. The molecule has 0 amide bonds. The number of hydrogen-bond donors (Lipinski definition) is 1. The van der Waals surface area contributed by atoms with Gasteiger partial charge in [0.15, 0.2) is 0 Å². The molecule has 0 atom stereocenters. The van der Waals surface area contributed by atoms with E-state index >= 15 is 0 Å². The Labute approximate surface area is 124 Å². The zero-order chi connectivity index (χ0) is 13.8. The van der Waals surface area contributed by atoms with E-state index < -0.39 is 0 Å². The van der Waals surface area contributed by atoms with Crippen LogP contribution in [0.3, 0.4) is 0 Å². The van der Waals surface area contributed by atoms with Crippen molar-refractivity contribution >= 4 is 16.7 Å². The van der Waals surface area contributed by atoms with Crippen molar-refractivity contribution in [2.45, 2.75) is 32.9 Å². The van der Waals surface area contributed by atoms with Gasteiger partial charge in [-0.05, 0) is 44.0 Å². The fourth-order valence-electron chi connectivity index (χ4n) is 2.51. The van der Waals surface area contributed by atoms with Crippen molar-refractivity contribution in [3.05, 3.63) is 41.2 Å². The number of aromatic nitrogens is 2. The van der Waals surface area contributed by atoms with Gasteiger partial charge in [0.1, 0.15) is 5.82 Å². The van der Waals surface area contributed by atoms with Gasteiger partial charge in [-0.15, -0.1) is 0 Å². The predicted molar refractivity (Wildman–Crippen MR) is 82.9 cm³/mol. The highest BCUT2D eigenvalue weighted by Gasteiger charge is 2.11. The smallest absolute Gasteiger partial charge is 0.202 e. The van der Waals surface area contributed by atoms with E-state index in [0.717, 1.165) is 24.0 Å². The molecule has 1 aliphatic heterocycles. The largest absolute Gasteiger partial charge is 0.356 e. The van der Waals surface area contributed by atoms with Crippen LogP contribution in [-0.4, -0.2) is 27.3 Å². The van der Waals surface area contributed by atoms with E-state index in [0.29, 0.717) is 0 Å². The molecule has 1 N–H and O–H groups in total. The third-order valence-corrected chi connectivity index (χ3v) is 4.36. The Morgan fingerprint density at radius 3 is 2.50 bits per heavy atom. The minimum atomic E-state index is 0.804. The molecule has 2 aromatic rings. The molecule has 4 nitrogen and oxygen atoms in total. The second-order valence-electron chi connectivity index (χ2n) is 5.30. The van der Waals surface area contributed by atoms with Gasteiger partial charge in [0.05, 0.1) is 0 Å². The van der Waals surface area contributed by atoms with E-state index in [1.54, 1.807) is 0 Å². The van der Waals surface area contributed by atoms with Gasteiger partial charge in [0, 0.05) is 24.6 Å². The standard InChI is InChI=1S/C15H20N4S/c1-12-17-15(20-18-12)16-10-13-4-6-14(7-5-13)11-19-8-2-3-9-19/h4-7H,2-3,8-11H2,1H3,(H,16,17,18). The third-order valence-electron chi connectivity index (χ3n) is 3.60. The Morgan fingerprint density at radius 1 is 1.15 bits per heavy atom. The Kier molecular flexibility index (Phi) is 4.28. The molecule has 0 saturated carbocycles. The van der Waals surface area contributed by atoms with E-state index in [4.69, 9.17) is 0 Å². The van der Waals surface area contributed by atoms with Crippen molar-refractivity contribution in [1.29, 1.82) is 0 Å². The summed E-state index contributed by atoms with van der Waals surface area (Å²) >= 11 is 1.41. The minimum Gasteiger partial charge on any atom is -0.356 e. The summed E-state index contributed by atoms with van der Waals surface area (Å²) in [4.78, 5) is 6.83. The first-order valence-corrected chi connectivity index (χ1v) is 7.91. The molecule has 0 bridgehead atoms. The molecule has 0 spiro atoms. The zero-order valence-electron chi connectivity index (χ0n) is 11.8. The van der Waals surface area contributed by atoms with Crippen LogP contribution in [0.2, 0.25) is 0 Å². The number of likely N-dealkylation sites (tertiary alicyclic amines) is 1. The molecule has 20 heavy (non-hydrogen) atoms. The average molecular weight is 288 g/mol. The molecule has 5 heteroatoms. The van der Waals surface area contributed by atoms with Gasteiger partial charge in [-0.2, -0.15) is 4.37 Å². The van der Waals surface area contributed by atoms with Gasteiger partial charge in [0.25, 0.3) is 0 Å². The fraction of sp³-hybridized carbons (Fsp3) is 0.467. The van der Waals surface area contributed by atoms with Crippen molar-refractivity contribution in [3.63, 3.8) is 0 Å². The summed E-state index contributed by atoms with van der Waals surface area (Å²) in [5, 5.41) is 4.20. The van der Waals surface area contributed by atoms with Gasteiger partial charge >= 0.3 is 0 Å². The second kappa shape index (κ2) is 6.33. The minimum absolute atomic E-state index is 0.804. The van der Waals surface area contributed by atoms with E-state index in [1.807, 2.05) is 6.92 Å². The number of rotatable bonds is 5. The van der Waals surface area contributed by atoms with Gasteiger partial charge in [0.2, 0.25) is 5.13 Å². The van der Waals surface area contributed by atoms with Crippen molar-refractivity contribution in [2.75, 3.05) is 18.4 Å². The van der Waals surface area contributed by atoms with Crippen LogP contribution in [0.25, 0.3) is 0 Å². The highest BCUT2D eigenvalue weighted by molar-refractivity contribution is 7.09. The van der Waals surface area contributed by atoms with Crippen molar-refractivity contribution in [3.8, 4) is 0 Å². The number of aryl methyl sites for hydroxylation is 1. The van der Waals surface area contributed by atoms with Crippen molar-refractivity contribution in [2.24, 2.45) is 0 Å². The zero-order valence-corrected chi connectivity index (χ0v) is 12.6. The summed E-state index contributed by atoms with van der Waals surface area (Å²) in [6.07, 6.45) is 2.70. The molecule has 1 aliphatic rings. The molecular formula is C15H20N4S. The number of nitrogens with zero attached hydrogens (tertiary/aromatic N) is 3. The second-order valence-corrected chi connectivity index (χ2v) is 6.05. The molecule has 0 radical (unpaired) electrons. The lowest BCUT2D eigenvalue weighted by Gasteiger charge is -2.14. The number of benzene rings is 1. The third kappa shape index (κ3) is 3.55. The topological polar surface area (TPSA) is 41.1 Å². The Hall–Kier alpha value is -1.46. The molecule has 106 valence electrons. The van der Waals surface area contributed by atoms with Crippen molar-refractivity contribution < 1.29 is 0 Å². The van der Waals surface area contributed by atoms with Crippen LogP contribution in [0.1, 0.15) is 29.8 Å². The van der Waals surface area contributed by atoms with Crippen LogP contribution in [-0.2, 0) is 13.1 Å². The Balaban J connectivity index is 1.52. The van der Waals surface area contributed by atoms with Gasteiger partial charge in [-0.1, -0.05) is 24.3 Å². The van der Waals surface area contributed by atoms with Gasteiger partial charge < -0.3 is 5.32 Å². The average Bonchev–Trinajstić information content (AvgIpc) is 3.10. The predicted octanol–water partition coefficient (Wildman–Crippen LogP) is 3.05. The lowest BCUT2D eigenvalue weighted by atomic mass is 10.1. The van der Waals surface area contributed by atoms with Crippen LogP contribution in [0, 0.1) is 6.92 Å². The SMILES string of the molecule is Cc1nsc(NCc2ccc(CN3CCCC3)cc2)n1. The maximum absolute atomic E-state index is 4.30. The van der Waals surface area contributed by atoms with Crippen LogP contribution in [0.5, 0.6) is 0 Å². The summed E-state index contributed by atoms with van der Waals surface area (Å²) in [6, 6.07) is 8.87. The molecular weight excluding hydrogens is 268 g/mol. The maximum Gasteiger partial charge on any atom is 0.202 e. The first-order valence-electron chi connectivity index (χ1n) is 7.14. The first-order chi connectivity index (χ1) is 9.79. The van der Waals surface area contributed by atoms with Crippen LogP contribution < -0.4 is 5.32 Å². The summed E-state index contributed by atoms with van der Waals surface area (Å²) in [7, 11) is 0. The fourth-order valence-corrected chi connectivity index (χ4v) is 3.08. The van der Waals surface area contributed by atoms with E-state index in [1.165, 1.54) is 48.6 Å². The maximum atomic E-state index is 4.30. The Morgan fingerprint density at radius 2 is 1.85 bits per heavy atom. The number of anilines is 1. The van der Waals surface area contributed by atoms with Gasteiger partial charge in [-0.25, -0.2) is 4.98 Å². The normalized spacial score (nSPS) is 15.7. The Bertz CT molecular complexity index is 543. The molecule has 1 aromatic heterocycles. The number of hydrogen-bond acceptors (Lipinski definition) is 5. The quantitative estimate of drug-likeness (QED) is 0.918. The lowest BCUT2D eigenvalue weighted by Crippen LogP contribution is -2.18. The van der Waals surface area contributed by atoms with Crippen LogP contribution in [0.4, 0.5) is 5.13 Å². The van der Waals surface area contributed by atoms with Crippen molar-refractivity contribution in [1.82, 2.24) is 14.3 Å². The molecule has 1 fully saturated rings. The summed E-state index contributed by atoms with van der Waals surface area (Å²) in [5.41, 5.74) is 2.69. The molecule has 3 rings (SSSR count). The summed E-state index contributed by atoms with van der Waals surface area (Å²) < 4.78 is 4.16. The summed E-state index contributed by atoms with van der Waals surface area (Å²) in [5.74, 6) is 0.832. The monoisotopic (exact) mass is 288 g/mol. The van der Waals surface area contributed by atoms with Crippen LogP contribution in [0.15, 0.2) is 24.3 Å². The summed E-state index contributed by atoms with van der Waals surface area (Å²) in [6.45, 7) is 6.30. The van der Waals surface area contributed by atoms with Crippen LogP contribution >= 0.6 is 11.5 Å². The number of nitrogens with one attached hydrogen (secondary N) is 1. The van der Waals surface area contributed by atoms with Gasteiger partial charge in [-0.3, -0.25) is 4.90 Å². The van der Waals surface area contributed by atoms with E-state index in [9.17, 15) is 0 Å². The molecule has 1 aromatic carbocycles. The van der Waals surface area contributed by atoms with E-state index in [2.05, 4.69) is 43.8 Å². The van der Waals surface area contributed by atoms with E-state index in [-0.39, 0.29) is 0 Å². The lowest BCUT2D eigenvalue weighted by molar-refractivity contribution is 0.331. The first kappa shape index (κ1) is 13.5. The molecule has 0 unspecified atom stereocenters. The molecule has 1 saturated heterocycles. The molecule has 2 heterocycles. The molecule has 0 aliphatic carbocycles.